The lowest BCUT2D eigenvalue weighted by atomic mass is 9.94. The van der Waals surface area contributed by atoms with Gasteiger partial charge in [-0.25, -0.2) is 0 Å². The monoisotopic (exact) mass is 350 g/mol. The minimum Gasteiger partial charge on any atom is -0.384 e. The fraction of sp³-hybridized carbons (Fsp3) is 0.235. The van der Waals surface area contributed by atoms with Crippen molar-refractivity contribution < 1.29 is 4.92 Å². The molecular formula is C17H14N6O3. The molecule has 1 fully saturated rings. The molecule has 1 aromatic heterocycles. The first-order valence-corrected chi connectivity index (χ1v) is 7.87. The van der Waals surface area contributed by atoms with Crippen LogP contribution in [0.2, 0.25) is 0 Å². The molecule has 9 nitrogen and oxygen atoms in total. The summed E-state index contributed by atoms with van der Waals surface area (Å²) in [7, 11) is 0. The number of nitriles is 2. The van der Waals surface area contributed by atoms with E-state index in [1.165, 1.54) is 12.1 Å². The number of nitro groups is 1. The van der Waals surface area contributed by atoms with Crippen LogP contribution in [0.15, 0.2) is 23.0 Å². The van der Waals surface area contributed by atoms with E-state index in [0.717, 1.165) is 25.9 Å². The number of aromatic amines is 1. The second kappa shape index (κ2) is 6.57. The van der Waals surface area contributed by atoms with Crippen LogP contribution in [0.3, 0.4) is 0 Å². The summed E-state index contributed by atoms with van der Waals surface area (Å²) < 4.78 is 0. The maximum absolute atomic E-state index is 12.2. The van der Waals surface area contributed by atoms with E-state index < -0.39 is 10.5 Å². The van der Waals surface area contributed by atoms with E-state index in [1.807, 2.05) is 11.0 Å². The number of nitro benzene ring substituents is 1. The van der Waals surface area contributed by atoms with E-state index in [2.05, 4.69) is 4.98 Å². The maximum Gasteiger partial charge on any atom is 0.270 e. The Morgan fingerprint density at radius 2 is 1.85 bits per heavy atom. The van der Waals surface area contributed by atoms with E-state index in [0.29, 0.717) is 5.69 Å². The molecule has 0 unspecified atom stereocenters. The second-order valence-corrected chi connectivity index (χ2v) is 5.87. The van der Waals surface area contributed by atoms with Crippen molar-refractivity contribution in [2.45, 2.75) is 12.8 Å². The molecule has 0 amide bonds. The summed E-state index contributed by atoms with van der Waals surface area (Å²) in [6.07, 6.45) is 1.92. The van der Waals surface area contributed by atoms with Crippen LogP contribution < -0.4 is 16.2 Å². The average molecular weight is 350 g/mol. The van der Waals surface area contributed by atoms with Gasteiger partial charge in [0.1, 0.15) is 29.1 Å². The van der Waals surface area contributed by atoms with Gasteiger partial charge in [-0.15, -0.1) is 0 Å². The van der Waals surface area contributed by atoms with Gasteiger partial charge in [-0.3, -0.25) is 14.9 Å². The fourth-order valence-corrected chi connectivity index (χ4v) is 3.18. The maximum atomic E-state index is 12.2. The Morgan fingerprint density at radius 3 is 2.42 bits per heavy atom. The molecule has 130 valence electrons. The van der Waals surface area contributed by atoms with Crippen molar-refractivity contribution in [2.75, 3.05) is 23.7 Å². The molecule has 0 saturated carbocycles. The van der Waals surface area contributed by atoms with Gasteiger partial charge >= 0.3 is 0 Å². The van der Waals surface area contributed by atoms with Gasteiger partial charge in [0.05, 0.1) is 4.92 Å². The summed E-state index contributed by atoms with van der Waals surface area (Å²) in [5, 5.41) is 30.2. The van der Waals surface area contributed by atoms with Gasteiger partial charge < -0.3 is 15.6 Å². The zero-order chi connectivity index (χ0) is 18.8. The van der Waals surface area contributed by atoms with E-state index in [-0.39, 0.29) is 33.8 Å². The van der Waals surface area contributed by atoms with E-state index in [1.54, 1.807) is 12.1 Å². The molecule has 2 heterocycles. The number of nitrogens with zero attached hydrogens (tertiary/aromatic N) is 4. The number of H-pyrrole nitrogens is 1. The molecule has 1 aliphatic rings. The number of rotatable bonds is 3. The van der Waals surface area contributed by atoms with Gasteiger partial charge in [0.25, 0.3) is 11.2 Å². The Balaban J connectivity index is 2.41. The molecule has 0 atom stereocenters. The first-order valence-electron chi connectivity index (χ1n) is 7.87. The third-order valence-electron chi connectivity index (χ3n) is 4.38. The number of hydrogen-bond acceptors (Lipinski definition) is 7. The van der Waals surface area contributed by atoms with Crippen molar-refractivity contribution in [3.05, 3.63) is 49.8 Å². The van der Waals surface area contributed by atoms with Gasteiger partial charge in [-0.2, -0.15) is 10.5 Å². The van der Waals surface area contributed by atoms with Crippen molar-refractivity contribution in [2.24, 2.45) is 0 Å². The van der Waals surface area contributed by atoms with Gasteiger partial charge in [-0.05, 0) is 18.9 Å². The van der Waals surface area contributed by atoms with Crippen LogP contribution in [-0.4, -0.2) is 23.0 Å². The van der Waals surface area contributed by atoms with Gasteiger partial charge in [0, 0.05) is 42.0 Å². The first kappa shape index (κ1) is 17.0. The highest BCUT2D eigenvalue weighted by Crippen LogP contribution is 2.39. The molecule has 1 aliphatic heterocycles. The highest BCUT2D eigenvalue weighted by atomic mass is 16.6. The van der Waals surface area contributed by atoms with Crippen LogP contribution in [0.25, 0.3) is 11.1 Å². The Labute approximate surface area is 148 Å². The number of nitrogen functional groups attached to an aromatic ring is 1. The average Bonchev–Trinajstić information content (AvgIpc) is 3.15. The number of hydrogen-bond donors (Lipinski definition) is 2. The van der Waals surface area contributed by atoms with Crippen LogP contribution in [0.5, 0.6) is 0 Å². The summed E-state index contributed by atoms with van der Waals surface area (Å²) in [4.78, 5) is 27.1. The predicted molar refractivity (Wildman–Crippen MR) is 94.4 cm³/mol. The quantitative estimate of drug-likeness (QED) is 0.632. The Bertz CT molecular complexity index is 1040. The van der Waals surface area contributed by atoms with E-state index in [4.69, 9.17) is 5.73 Å². The molecule has 0 spiro atoms. The first-order chi connectivity index (χ1) is 12.5. The molecule has 1 aromatic carbocycles. The normalized spacial score (nSPS) is 13.2. The molecule has 26 heavy (non-hydrogen) atoms. The van der Waals surface area contributed by atoms with Crippen LogP contribution >= 0.6 is 0 Å². The molecule has 2 aromatic rings. The molecule has 0 bridgehead atoms. The summed E-state index contributed by atoms with van der Waals surface area (Å²) in [5.74, 6) is -0.176. The molecule has 0 radical (unpaired) electrons. The van der Waals surface area contributed by atoms with Crippen LogP contribution in [0, 0.1) is 32.8 Å². The van der Waals surface area contributed by atoms with Crippen molar-refractivity contribution in [3.8, 4) is 23.3 Å². The number of pyridine rings is 1. The lowest BCUT2D eigenvalue weighted by molar-refractivity contribution is -0.384. The van der Waals surface area contributed by atoms with Crippen LogP contribution in [-0.2, 0) is 0 Å². The highest BCUT2D eigenvalue weighted by molar-refractivity contribution is 5.89. The lowest BCUT2D eigenvalue weighted by Crippen LogP contribution is -2.20. The van der Waals surface area contributed by atoms with Crippen LogP contribution in [0.1, 0.15) is 24.0 Å². The molecule has 9 heteroatoms. The van der Waals surface area contributed by atoms with Crippen LogP contribution in [0.4, 0.5) is 17.2 Å². The zero-order valence-corrected chi connectivity index (χ0v) is 13.7. The van der Waals surface area contributed by atoms with Crippen molar-refractivity contribution in [3.63, 3.8) is 0 Å². The molecule has 3 N–H and O–H groups in total. The summed E-state index contributed by atoms with van der Waals surface area (Å²) in [6, 6.07) is 7.92. The topological polar surface area (TPSA) is 153 Å². The number of non-ortho nitro benzene ring substituents is 1. The lowest BCUT2D eigenvalue weighted by Gasteiger charge is -2.22. The minimum absolute atomic E-state index is 0.0295. The largest absolute Gasteiger partial charge is 0.384 e. The molecule has 1 saturated heterocycles. The third-order valence-corrected chi connectivity index (χ3v) is 4.38. The van der Waals surface area contributed by atoms with Gasteiger partial charge in [-0.1, -0.05) is 0 Å². The van der Waals surface area contributed by atoms with Crippen molar-refractivity contribution in [1.29, 1.82) is 10.5 Å². The highest BCUT2D eigenvalue weighted by Gasteiger charge is 2.25. The smallest absolute Gasteiger partial charge is 0.270 e. The third kappa shape index (κ3) is 2.72. The zero-order valence-electron chi connectivity index (χ0n) is 13.7. The number of nitrogens with two attached hydrogens (primary N) is 1. The number of nitrogens with one attached hydrogen (secondary N) is 1. The number of aromatic nitrogens is 1. The van der Waals surface area contributed by atoms with Crippen molar-refractivity contribution >= 4 is 17.2 Å². The fourth-order valence-electron chi connectivity index (χ4n) is 3.18. The SMILES string of the molecule is N#Cc1c(N)[nH]c(=O)c(C#N)c1-c1cc([N+](=O)[O-])ccc1N1CCCC1. The van der Waals surface area contributed by atoms with E-state index in [9.17, 15) is 25.4 Å². The second-order valence-electron chi connectivity index (χ2n) is 5.87. The number of anilines is 2. The Hall–Kier alpha value is -3.85. The predicted octanol–water partition coefficient (Wildman–Crippen LogP) is 1.88. The summed E-state index contributed by atoms with van der Waals surface area (Å²) >= 11 is 0. The Morgan fingerprint density at radius 1 is 1.19 bits per heavy atom. The molecular weight excluding hydrogens is 336 g/mol. The molecule has 3 rings (SSSR count). The van der Waals surface area contributed by atoms with Gasteiger partial charge in [0.2, 0.25) is 0 Å². The van der Waals surface area contributed by atoms with Gasteiger partial charge in [0.15, 0.2) is 0 Å². The summed E-state index contributed by atoms with van der Waals surface area (Å²) in [6.45, 7) is 1.49. The number of benzene rings is 1. The van der Waals surface area contributed by atoms with E-state index >= 15 is 0 Å². The van der Waals surface area contributed by atoms with Crippen molar-refractivity contribution in [1.82, 2.24) is 4.98 Å². The molecule has 0 aliphatic carbocycles. The Kier molecular flexibility index (Phi) is 4.29. The minimum atomic E-state index is -0.738. The standard InChI is InChI=1S/C17H14N6O3/c18-8-12-15(13(9-19)17(24)21-16(12)20)11-7-10(23(25)26)3-4-14(11)22-5-1-2-6-22/h3-4,7H,1-2,5-6H2,(H3,20,21,24). The summed E-state index contributed by atoms with van der Waals surface area (Å²) in [5.41, 5.74) is 5.39.